The number of hydrogen-bond donors (Lipinski definition) is 1. The number of benzene rings is 1. The predicted octanol–water partition coefficient (Wildman–Crippen LogP) is 1.99. The molecule has 0 heterocycles. The van der Waals surface area contributed by atoms with Gasteiger partial charge in [-0.05, 0) is 24.6 Å². The van der Waals surface area contributed by atoms with E-state index in [9.17, 15) is 12.8 Å². The summed E-state index contributed by atoms with van der Waals surface area (Å²) in [7, 11) is -3.40. The average Bonchev–Trinajstić information content (AvgIpc) is 2.23. The molecule has 0 bridgehead atoms. The number of sulfone groups is 1. The topological polar surface area (TPSA) is 60.2 Å². The molecule has 0 spiro atoms. The molecule has 2 N–H and O–H groups in total. The Morgan fingerprint density at radius 1 is 1.47 bits per heavy atom. The largest absolute Gasteiger partial charge is 0.330 e. The minimum atomic E-state index is -3.40. The van der Waals surface area contributed by atoms with Crippen LogP contribution in [-0.2, 0) is 15.6 Å². The van der Waals surface area contributed by atoms with Crippen molar-refractivity contribution in [3.63, 3.8) is 0 Å². The molecule has 1 unspecified atom stereocenters. The van der Waals surface area contributed by atoms with Gasteiger partial charge >= 0.3 is 0 Å². The quantitative estimate of drug-likeness (QED) is 0.897. The van der Waals surface area contributed by atoms with Crippen molar-refractivity contribution in [1.82, 2.24) is 0 Å². The van der Waals surface area contributed by atoms with Gasteiger partial charge in [-0.2, -0.15) is 0 Å². The maximum absolute atomic E-state index is 13.4. The lowest BCUT2D eigenvalue weighted by Gasteiger charge is -2.10. The van der Waals surface area contributed by atoms with Crippen LogP contribution in [0.3, 0.4) is 0 Å². The molecule has 0 aromatic heterocycles. The fourth-order valence-electron chi connectivity index (χ4n) is 1.45. The first kappa shape index (κ1) is 14.4. The Hall–Kier alpha value is -0.650. The van der Waals surface area contributed by atoms with Gasteiger partial charge in [0.2, 0.25) is 0 Å². The van der Waals surface area contributed by atoms with Crippen molar-refractivity contribution in [2.24, 2.45) is 11.7 Å². The summed E-state index contributed by atoms with van der Waals surface area (Å²) in [5.41, 5.74) is 5.39. The highest BCUT2D eigenvalue weighted by Crippen LogP contribution is 2.22. The van der Waals surface area contributed by atoms with Crippen LogP contribution < -0.4 is 5.73 Å². The van der Waals surface area contributed by atoms with Crippen LogP contribution >= 0.6 is 11.6 Å². The summed E-state index contributed by atoms with van der Waals surface area (Å²) in [5.74, 6) is -1.19. The second-order valence-corrected chi connectivity index (χ2v) is 6.61. The molecule has 1 atom stereocenters. The third-order valence-corrected chi connectivity index (χ3v) is 4.53. The van der Waals surface area contributed by atoms with E-state index >= 15 is 0 Å². The lowest BCUT2D eigenvalue weighted by atomic mass is 10.2. The van der Waals surface area contributed by atoms with Crippen molar-refractivity contribution in [3.05, 3.63) is 34.6 Å². The zero-order chi connectivity index (χ0) is 13.1. The zero-order valence-corrected chi connectivity index (χ0v) is 11.1. The molecule has 1 aromatic carbocycles. The van der Waals surface area contributed by atoms with E-state index < -0.39 is 15.7 Å². The first-order valence-corrected chi connectivity index (χ1v) is 7.39. The lowest BCUT2D eigenvalue weighted by molar-refractivity contribution is 0.568. The highest BCUT2D eigenvalue weighted by atomic mass is 35.5. The molecule has 0 aliphatic rings. The Morgan fingerprint density at radius 3 is 2.65 bits per heavy atom. The van der Waals surface area contributed by atoms with E-state index in [4.69, 9.17) is 17.3 Å². The standard InChI is InChI=1S/C11H15ClFNO2S/c1-8(5-14)6-17(15,16)7-9-10(12)3-2-4-11(9)13/h2-4,8H,5-7,14H2,1H3. The lowest BCUT2D eigenvalue weighted by Crippen LogP contribution is -2.22. The minimum absolute atomic E-state index is 0.0263. The second-order valence-electron chi connectivity index (χ2n) is 4.10. The summed E-state index contributed by atoms with van der Waals surface area (Å²) in [4.78, 5) is 0. The Bertz CT molecular complexity index is 470. The van der Waals surface area contributed by atoms with Crippen LogP contribution in [0.15, 0.2) is 18.2 Å². The Labute approximate surface area is 106 Å². The molecule has 17 heavy (non-hydrogen) atoms. The monoisotopic (exact) mass is 279 g/mol. The van der Waals surface area contributed by atoms with Crippen molar-refractivity contribution < 1.29 is 12.8 Å². The second kappa shape index (κ2) is 5.80. The molecule has 96 valence electrons. The summed E-state index contributed by atoms with van der Waals surface area (Å²) in [5, 5.41) is 0.133. The van der Waals surface area contributed by atoms with E-state index in [0.717, 1.165) is 0 Å². The molecular weight excluding hydrogens is 265 g/mol. The van der Waals surface area contributed by atoms with Crippen LogP contribution in [-0.4, -0.2) is 20.7 Å². The van der Waals surface area contributed by atoms with E-state index in [2.05, 4.69) is 0 Å². The van der Waals surface area contributed by atoms with Gasteiger partial charge in [0, 0.05) is 10.6 Å². The zero-order valence-electron chi connectivity index (χ0n) is 9.49. The summed E-state index contributed by atoms with van der Waals surface area (Å²) in [6, 6.07) is 4.11. The Kier molecular flexibility index (Phi) is 4.91. The Balaban J connectivity index is 2.91. The summed E-state index contributed by atoms with van der Waals surface area (Å²) < 4.78 is 37.0. The number of hydrogen-bond acceptors (Lipinski definition) is 3. The molecule has 6 heteroatoms. The highest BCUT2D eigenvalue weighted by Gasteiger charge is 2.19. The van der Waals surface area contributed by atoms with Gasteiger partial charge in [0.25, 0.3) is 0 Å². The van der Waals surface area contributed by atoms with E-state index in [1.54, 1.807) is 6.92 Å². The summed E-state index contributed by atoms with van der Waals surface area (Å²) in [6.07, 6.45) is 0. The molecule has 1 rings (SSSR count). The summed E-state index contributed by atoms with van der Waals surface area (Å²) in [6.45, 7) is 2.02. The van der Waals surface area contributed by atoms with Crippen molar-refractivity contribution in [1.29, 1.82) is 0 Å². The van der Waals surface area contributed by atoms with Crippen molar-refractivity contribution in [2.45, 2.75) is 12.7 Å². The van der Waals surface area contributed by atoms with E-state index in [0.29, 0.717) is 0 Å². The summed E-state index contributed by atoms with van der Waals surface area (Å²) >= 11 is 5.78. The van der Waals surface area contributed by atoms with Gasteiger partial charge in [-0.3, -0.25) is 0 Å². The maximum atomic E-state index is 13.4. The normalized spacial score (nSPS) is 13.6. The van der Waals surface area contributed by atoms with Gasteiger partial charge in [0.05, 0.1) is 11.5 Å². The fraction of sp³-hybridized carbons (Fsp3) is 0.455. The van der Waals surface area contributed by atoms with Crippen molar-refractivity contribution in [2.75, 3.05) is 12.3 Å². The maximum Gasteiger partial charge on any atom is 0.154 e. The first-order chi connectivity index (χ1) is 7.85. The molecule has 0 aliphatic heterocycles. The van der Waals surface area contributed by atoms with Crippen LogP contribution in [0, 0.1) is 11.7 Å². The molecule has 0 fully saturated rings. The van der Waals surface area contributed by atoms with Gasteiger partial charge in [-0.1, -0.05) is 24.6 Å². The number of halogens is 2. The van der Waals surface area contributed by atoms with Crippen LogP contribution in [0.25, 0.3) is 0 Å². The predicted molar refractivity (Wildman–Crippen MR) is 67.1 cm³/mol. The molecule has 0 aliphatic carbocycles. The third kappa shape index (κ3) is 4.26. The SMILES string of the molecule is CC(CN)CS(=O)(=O)Cc1c(F)cccc1Cl. The van der Waals surface area contributed by atoms with Gasteiger partial charge in [-0.15, -0.1) is 0 Å². The molecule has 3 nitrogen and oxygen atoms in total. The van der Waals surface area contributed by atoms with Gasteiger partial charge < -0.3 is 5.73 Å². The van der Waals surface area contributed by atoms with Crippen molar-refractivity contribution >= 4 is 21.4 Å². The molecular formula is C11H15ClFNO2S. The van der Waals surface area contributed by atoms with Crippen molar-refractivity contribution in [3.8, 4) is 0 Å². The van der Waals surface area contributed by atoms with Crippen LogP contribution in [0.5, 0.6) is 0 Å². The van der Waals surface area contributed by atoms with Crippen LogP contribution in [0.2, 0.25) is 5.02 Å². The van der Waals surface area contributed by atoms with E-state index in [1.807, 2.05) is 0 Å². The first-order valence-electron chi connectivity index (χ1n) is 5.19. The molecule has 1 aromatic rings. The molecule has 0 amide bonds. The number of rotatable bonds is 5. The third-order valence-electron chi connectivity index (χ3n) is 2.37. The minimum Gasteiger partial charge on any atom is -0.330 e. The highest BCUT2D eigenvalue weighted by molar-refractivity contribution is 7.90. The average molecular weight is 280 g/mol. The van der Waals surface area contributed by atoms with E-state index in [1.165, 1.54) is 18.2 Å². The van der Waals surface area contributed by atoms with Gasteiger partial charge in [0.15, 0.2) is 9.84 Å². The smallest absolute Gasteiger partial charge is 0.154 e. The van der Waals surface area contributed by atoms with Crippen LogP contribution in [0.4, 0.5) is 4.39 Å². The van der Waals surface area contributed by atoms with E-state index in [-0.39, 0.29) is 34.6 Å². The van der Waals surface area contributed by atoms with Gasteiger partial charge in [-0.25, -0.2) is 12.8 Å². The fourth-order valence-corrected chi connectivity index (χ4v) is 3.61. The molecule has 0 saturated heterocycles. The number of nitrogens with two attached hydrogens (primary N) is 1. The Morgan fingerprint density at radius 2 is 2.12 bits per heavy atom. The molecule has 0 radical (unpaired) electrons. The molecule has 0 saturated carbocycles. The van der Waals surface area contributed by atoms with Gasteiger partial charge in [0.1, 0.15) is 5.82 Å². The van der Waals surface area contributed by atoms with Crippen LogP contribution in [0.1, 0.15) is 12.5 Å².